The number of carbonyl (C=O) groups is 7. The molecular weight excluding hydrogens is 1010 g/mol. The molecule has 73 heavy (non-hydrogen) atoms. The lowest BCUT2D eigenvalue weighted by molar-refractivity contribution is -0.115. The summed E-state index contributed by atoms with van der Waals surface area (Å²) in [5, 5.41) is 12.9. The van der Waals surface area contributed by atoms with Gasteiger partial charge in [0.2, 0.25) is 23.3 Å². The summed E-state index contributed by atoms with van der Waals surface area (Å²) >= 11 is 0. The van der Waals surface area contributed by atoms with Gasteiger partial charge in [-0.1, -0.05) is 27.0 Å². The van der Waals surface area contributed by atoms with Crippen molar-refractivity contribution >= 4 is 71.6 Å². The number of rotatable bonds is 12. The molecule has 2 aromatic carbocycles. The maximum Gasteiger partial charge on any atom is 0.255 e. The average Bonchev–Trinajstić information content (AvgIpc) is 3.90. The highest BCUT2D eigenvalue weighted by Gasteiger charge is 2.07. The van der Waals surface area contributed by atoms with Gasteiger partial charge in [-0.05, 0) is 67.6 Å². The second-order valence-electron chi connectivity index (χ2n) is 13.4. The third-order valence-electron chi connectivity index (χ3n) is 8.09. The Hall–Kier alpha value is -8.86. The van der Waals surface area contributed by atoms with E-state index in [9.17, 15) is 47.9 Å². The first kappa shape index (κ1) is 68.4. The molecule has 0 saturated carbocycles. The Bertz CT molecular complexity index is 2890. The number of benzene rings is 2. The van der Waals surface area contributed by atoms with E-state index in [1.807, 2.05) is 0 Å². The number of carbonyl (C=O) groups excluding carboxylic acids is 7. The molecule has 22 heteroatoms. The largest absolute Gasteiger partial charge is 0.481 e. The van der Waals surface area contributed by atoms with E-state index in [2.05, 4.69) is 30.6 Å². The van der Waals surface area contributed by atoms with E-state index in [4.69, 9.17) is 9.84 Å². The summed E-state index contributed by atoms with van der Waals surface area (Å²) in [7, 11) is 1.53. The summed E-state index contributed by atoms with van der Waals surface area (Å²) < 4.78 is 7.66. The number of ether oxygens (including phenoxy) is 1. The maximum atomic E-state index is 12.1. The van der Waals surface area contributed by atoms with Crippen LogP contribution in [0.15, 0.2) is 149 Å². The molecule has 0 aliphatic carbocycles. The van der Waals surface area contributed by atoms with E-state index < -0.39 is 0 Å². The van der Waals surface area contributed by atoms with Crippen LogP contribution in [0.3, 0.4) is 0 Å². The minimum atomic E-state index is -0.245. The summed E-state index contributed by atoms with van der Waals surface area (Å²) in [6, 6.07) is 26.0. The zero-order chi connectivity index (χ0) is 51.0. The van der Waals surface area contributed by atoms with Crippen molar-refractivity contribution in [3.63, 3.8) is 0 Å². The van der Waals surface area contributed by atoms with Crippen LogP contribution in [0.2, 0.25) is 0 Å². The quantitative estimate of drug-likeness (QED) is 0.0527. The molecule has 21 nitrogen and oxygen atoms in total. The number of pyridine rings is 4. The molecule has 2 amide bonds. The number of aromatic nitrogens is 6. The van der Waals surface area contributed by atoms with Crippen molar-refractivity contribution in [1.82, 2.24) is 35.2 Å². The Kier molecular flexibility index (Phi) is 36.5. The lowest BCUT2D eigenvalue weighted by Gasteiger charge is -2.09. The Morgan fingerprint density at radius 2 is 1.16 bits per heavy atom. The van der Waals surface area contributed by atoms with Crippen LogP contribution in [0, 0.1) is 0 Å². The molecule has 0 aliphatic rings. The lowest BCUT2D eigenvalue weighted by Crippen LogP contribution is -2.17. The number of H-pyrrole nitrogens is 2. The van der Waals surface area contributed by atoms with E-state index in [-0.39, 0.29) is 73.1 Å². The van der Waals surface area contributed by atoms with Gasteiger partial charge in [-0.3, -0.25) is 47.5 Å². The second kappa shape index (κ2) is 38.9. The normalized spacial score (nSPS) is 8.89. The third kappa shape index (κ3) is 26.1. The number of nitrogens with one attached hydrogen (secondary N) is 4. The average molecular weight is 1070 g/mol. The minimum Gasteiger partial charge on any atom is -0.481 e. The van der Waals surface area contributed by atoms with Gasteiger partial charge in [0.25, 0.3) is 11.1 Å². The molecule has 7 aromatic rings. The van der Waals surface area contributed by atoms with Crippen molar-refractivity contribution in [2.75, 3.05) is 24.4 Å². The van der Waals surface area contributed by atoms with E-state index in [1.54, 1.807) is 92.2 Å². The number of unbranched alkanes of at least 4 members (excludes halogenated alkanes) is 1. The molecule has 0 radical (unpaired) electrons. The number of hydrogen-bond acceptors (Lipinski definition) is 15. The standard InChI is InChI=1S/C16H14N4O2.C14H12N2O3.C7H7NO2.C6H5NO2.C4H6O2.C2H6O.2CH4.BrH.H3N/c1-11(21)19-13-3-2-4-14(9-13)20-10-12(5-6-15(20)22)16-17-7-8-18-16;1-10(18)15-12-3-2-4-13(7-12)16-8-11(9-17)5-6-14(16)19;1-10-7-3-2-6(5-9)4-8-7;8-4-5-1-2-6(9)7-3-5;5-3-1-2-4-6;1-2-3;;;;/h2-10H,1H3,(H,17,18)(H,19,21);2-9H,1H3,(H,15,18);2-5H,1H3;1-4H,(H,7,9);3-4H,1-2H2;3H,2H2,1H3;2*1H4;1H;1H3. The molecule has 390 valence electrons. The number of imidazole rings is 1. The van der Waals surface area contributed by atoms with Crippen LogP contribution in [0.4, 0.5) is 11.4 Å². The Morgan fingerprint density at radius 3 is 1.58 bits per heavy atom. The van der Waals surface area contributed by atoms with Gasteiger partial charge in [0.15, 0.2) is 18.9 Å². The number of hydrogen-bond donors (Lipinski definition) is 6. The molecule has 5 aromatic heterocycles. The van der Waals surface area contributed by atoms with Crippen molar-refractivity contribution in [2.45, 2.75) is 48.5 Å². The van der Waals surface area contributed by atoms with E-state index >= 15 is 0 Å². The molecule has 0 spiro atoms. The number of amides is 2. The number of aliphatic hydroxyl groups excluding tert-OH is 1. The molecule has 0 bridgehead atoms. The summed E-state index contributed by atoms with van der Waals surface area (Å²) in [6.07, 6.45) is 13.7. The highest BCUT2D eigenvalue weighted by atomic mass is 79.9. The molecule has 0 atom stereocenters. The Labute approximate surface area is 432 Å². The zero-order valence-electron chi connectivity index (χ0n) is 39.1. The van der Waals surface area contributed by atoms with Crippen LogP contribution in [0.1, 0.15) is 79.5 Å². The number of aliphatic hydroxyl groups is 1. The molecule has 0 fully saturated rings. The Morgan fingerprint density at radius 1 is 0.671 bits per heavy atom. The number of anilines is 2. The summed E-state index contributed by atoms with van der Waals surface area (Å²) in [6.45, 7) is 4.78. The Balaban J connectivity index is -0.000000870. The van der Waals surface area contributed by atoms with Gasteiger partial charge >= 0.3 is 0 Å². The van der Waals surface area contributed by atoms with Crippen molar-refractivity contribution in [3.05, 3.63) is 182 Å². The number of nitrogens with zero attached hydrogens (tertiary/aromatic N) is 4. The zero-order valence-corrected chi connectivity index (χ0v) is 40.8. The van der Waals surface area contributed by atoms with Gasteiger partial charge in [-0.25, -0.2) is 9.97 Å². The molecule has 7 rings (SSSR count). The van der Waals surface area contributed by atoms with Crippen molar-refractivity contribution in [2.24, 2.45) is 0 Å². The first-order valence-corrected chi connectivity index (χ1v) is 20.5. The lowest BCUT2D eigenvalue weighted by atomic mass is 10.2. The first-order valence-electron chi connectivity index (χ1n) is 20.5. The summed E-state index contributed by atoms with van der Waals surface area (Å²) in [4.78, 5) is 119. The van der Waals surface area contributed by atoms with E-state index in [1.165, 1.54) is 79.0 Å². The maximum absolute atomic E-state index is 12.1. The topological polar surface area (TPSA) is 326 Å². The molecular formula is C51H62BrN9O12. The van der Waals surface area contributed by atoms with E-state index in [0.717, 1.165) is 24.4 Å². The smallest absolute Gasteiger partial charge is 0.255 e. The van der Waals surface area contributed by atoms with Gasteiger partial charge < -0.3 is 46.2 Å². The highest BCUT2D eigenvalue weighted by Crippen LogP contribution is 2.18. The molecule has 0 aliphatic heterocycles. The van der Waals surface area contributed by atoms with Gasteiger partial charge in [0, 0.05) is 128 Å². The van der Waals surface area contributed by atoms with Gasteiger partial charge in [0.05, 0.1) is 18.5 Å². The molecule has 0 unspecified atom stereocenters. The second-order valence-corrected chi connectivity index (χ2v) is 13.4. The van der Waals surface area contributed by atoms with Crippen molar-refractivity contribution < 1.29 is 43.4 Å². The number of methoxy groups -OCH3 is 1. The fourth-order valence-corrected chi connectivity index (χ4v) is 5.11. The number of aldehydes is 5. The van der Waals surface area contributed by atoms with Gasteiger partial charge in [-0.15, -0.1) is 17.0 Å². The predicted molar refractivity (Wildman–Crippen MR) is 287 cm³/mol. The number of halogens is 1. The SMILES string of the molecule is Br.C.C.CC(=O)Nc1cccc(-n2cc(-c3ncc[nH]3)ccc2=O)c1.CC(=O)Nc1cccc(-n2cc(C=O)ccc2=O)c1.CCO.COc1ccc(C=O)cn1.N.O=CCCC=O.O=Cc1ccc(=O)[nH]c1. The van der Waals surface area contributed by atoms with Crippen LogP contribution < -0.4 is 38.2 Å². The van der Waals surface area contributed by atoms with Crippen molar-refractivity contribution in [3.8, 4) is 28.6 Å². The number of aromatic amines is 2. The van der Waals surface area contributed by atoms with Crippen LogP contribution in [-0.2, 0) is 19.2 Å². The van der Waals surface area contributed by atoms with Crippen molar-refractivity contribution in [1.29, 1.82) is 0 Å². The first-order chi connectivity index (χ1) is 33.2. The molecule has 8 N–H and O–H groups in total. The third-order valence-corrected chi connectivity index (χ3v) is 8.09. The van der Waals surface area contributed by atoms with Crippen LogP contribution in [0.25, 0.3) is 22.8 Å². The van der Waals surface area contributed by atoms with Gasteiger partial charge in [-0.2, -0.15) is 0 Å². The van der Waals surface area contributed by atoms with Crippen LogP contribution in [-0.4, -0.2) is 91.1 Å². The monoisotopic (exact) mass is 1070 g/mol. The fourth-order valence-electron chi connectivity index (χ4n) is 5.11. The van der Waals surface area contributed by atoms with Crippen LogP contribution >= 0.6 is 17.0 Å². The highest BCUT2D eigenvalue weighted by molar-refractivity contribution is 8.93. The predicted octanol–water partition coefficient (Wildman–Crippen LogP) is 7.06. The summed E-state index contributed by atoms with van der Waals surface area (Å²) in [5.41, 5.74) is 4.13. The van der Waals surface area contributed by atoms with Crippen LogP contribution in [0.5, 0.6) is 5.88 Å². The molecule has 5 heterocycles. The van der Waals surface area contributed by atoms with Gasteiger partial charge in [0.1, 0.15) is 18.4 Å². The van der Waals surface area contributed by atoms with E-state index in [0.29, 0.717) is 76.6 Å². The fraction of sp³-hybridized carbons (Fsp3) is 0.176. The molecule has 0 saturated heterocycles. The minimum absolute atomic E-state index is 0. The summed E-state index contributed by atoms with van der Waals surface area (Å²) in [5.74, 6) is 0.859.